The summed E-state index contributed by atoms with van der Waals surface area (Å²) >= 11 is 1.86. The fraction of sp³-hybridized carbons (Fsp3) is 0.571. The van der Waals surface area contributed by atoms with E-state index in [-0.39, 0.29) is 6.04 Å². The van der Waals surface area contributed by atoms with Gasteiger partial charge in [-0.1, -0.05) is 40.5 Å². The molecule has 0 spiro atoms. The molecule has 4 nitrogen and oxygen atoms in total. The molecule has 1 atom stereocenters. The zero-order chi connectivity index (χ0) is 23.9. The Hall–Kier alpha value is -2.01. The molecule has 0 radical (unpaired) electrons. The Morgan fingerprint density at radius 1 is 1.00 bits per heavy atom. The molecule has 0 aliphatic carbocycles. The van der Waals surface area contributed by atoms with Crippen LogP contribution in [0.1, 0.15) is 97.9 Å². The van der Waals surface area contributed by atoms with Crippen LogP contribution in [0.5, 0.6) is 0 Å². The Labute approximate surface area is 206 Å². The first-order chi connectivity index (χ1) is 15.9. The van der Waals surface area contributed by atoms with Gasteiger partial charge in [0.2, 0.25) is 0 Å². The van der Waals surface area contributed by atoms with E-state index >= 15 is 0 Å². The van der Waals surface area contributed by atoms with E-state index in [1.165, 1.54) is 28.7 Å². The first kappa shape index (κ1) is 27.2. The van der Waals surface area contributed by atoms with Crippen molar-refractivity contribution >= 4 is 17.6 Å². The van der Waals surface area contributed by atoms with E-state index < -0.39 is 0 Å². The van der Waals surface area contributed by atoms with Gasteiger partial charge in [0, 0.05) is 31.1 Å². The number of nitrogens with zero attached hydrogens (tertiary/aromatic N) is 2. The Kier molecular flexibility index (Phi) is 13.0. The summed E-state index contributed by atoms with van der Waals surface area (Å²) in [7, 11) is 0. The molecule has 1 aromatic rings. The molecule has 33 heavy (non-hydrogen) atoms. The Morgan fingerprint density at radius 3 is 2.24 bits per heavy atom. The van der Waals surface area contributed by atoms with Crippen LogP contribution in [-0.4, -0.2) is 28.1 Å². The van der Waals surface area contributed by atoms with Crippen molar-refractivity contribution < 1.29 is 0 Å². The summed E-state index contributed by atoms with van der Waals surface area (Å²) < 4.78 is 0. The summed E-state index contributed by atoms with van der Waals surface area (Å²) in [5.41, 5.74) is 5.87. The van der Waals surface area contributed by atoms with E-state index in [4.69, 9.17) is 0 Å². The van der Waals surface area contributed by atoms with Crippen molar-refractivity contribution in [2.45, 2.75) is 92.0 Å². The van der Waals surface area contributed by atoms with Gasteiger partial charge in [-0.2, -0.15) is 0 Å². The highest BCUT2D eigenvalue weighted by Gasteiger charge is 2.17. The Balaban J connectivity index is 1.68. The third-order valence-electron chi connectivity index (χ3n) is 5.77. The molecule has 2 heterocycles. The second kappa shape index (κ2) is 15.8. The van der Waals surface area contributed by atoms with Gasteiger partial charge in [-0.25, -0.2) is 4.98 Å². The number of rotatable bonds is 14. The van der Waals surface area contributed by atoms with Gasteiger partial charge >= 0.3 is 0 Å². The zero-order valence-corrected chi connectivity index (χ0v) is 22.2. The number of H-pyrrole nitrogens is 1. The highest BCUT2D eigenvalue weighted by atomic mass is 32.2. The molecule has 1 unspecified atom stereocenters. The molecule has 1 aliphatic heterocycles. The molecule has 2 rings (SSSR count). The summed E-state index contributed by atoms with van der Waals surface area (Å²) in [5, 5.41) is 5.90. The molecule has 1 aliphatic rings. The Morgan fingerprint density at radius 2 is 1.67 bits per heavy atom. The first-order valence-electron chi connectivity index (χ1n) is 12.4. The summed E-state index contributed by atoms with van der Waals surface area (Å²) in [6, 6.07) is 0.173. The average molecular weight is 469 g/mol. The maximum absolute atomic E-state index is 4.56. The maximum atomic E-state index is 4.56. The standard InChI is InChI=1S/C28H44N4S/c1-22(2)10-6-11-23(3)12-7-13-24(4)14-8-15-25(5)20-33-21-26(28-30-18-19-31-28)32-27-16-9-17-29-27/h10,12,14,18-20,26H,6-9,11,13,15-17,21H2,1-5H3,(H,29,32)(H,30,31). The molecule has 5 heteroatoms. The van der Waals surface area contributed by atoms with Gasteiger partial charge in [-0.05, 0) is 85.0 Å². The van der Waals surface area contributed by atoms with Crippen LogP contribution >= 0.6 is 11.8 Å². The molecule has 0 fully saturated rings. The summed E-state index contributed by atoms with van der Waals surface area (Å²) in [6.07, 6.45) is 20.0. The van der Waals surface area contributed by atoms with Crippen LogP contribution in [0, 0.1) is 0 Å². The van der Waals surface area contributed by atoms with Crippen molar-refractivity contribution in [3.63, 3.8) is 0 Å². The number of hydrogen-bond donors (Lipinski definition) is 2. The topological polar surface area (TPSA) is 53.1 Å². The maximum Gasteiger partial charge on any atom is 0.129 e. The number of hydrogen-bond acceptors (Lipinski definition) is 4. The van der Waals surface area contributed by atoms with Crippen LogP contribution < -0.4 is 5.32 Å². The zero-order valence-electron chi connectivity index (χ0n) is 21.4. The average Bonchev–Trinajstić information content (AvgIpc) is 3.47. The summed E-state index contributed by atoms with van der Waals surface area (Å²) in [4.78, 5) is 12.3. The van der Waals surface area contributed by atoms with Crippen molar-refractivity contribution in [2.24, 2.45) is 4.99 Å². The normalized spacial score (nSPS) is 16.0. The summed E-state index contributed by atoms with van der Waals surface area (Å²) in [5.74, 6) is 3.05. The molecule has 182 valence electrons. The third-order valence-corrected chi connectivity index (χ3v) is 6.86. The van der Waals surface area contributed by atoms with Gasteiger partial charge in [0.05, 0.1) is 11.9 Å². The molecular formula is C28H44N4S. The smallest absolute Gasteiger partial charge is 0.129 e. The molecule has 0 aromatic carbocycles. The van der Waals surface area contributed by atoms with Crippen LogP contribution in [-0.2, 0) is 0 Å². The van der Waals surface area contributed by atoms with Gasteiger partial charge in [-0.15, -0.1) is 11.8 Å². The monoisotopic (exact) mass is 468 g/mol. The predicted molar refractivity (Wildman–Crippen MR) is 147 cm³/mol. The molecule has 1 aromatic heterocycles. The van der Waals surface area contributed by atoms with Gasteiger partial charge in [0.25, 0.3) is 0 Å². The van der Waals surface area contributed by atoms with Crippen molar-refractivity contribution in [2.75, 3.05) is 12.3 Å². The lowest BCUT2D eigenvalue weighted by Gasteiger charge is -2.17. The fourth-order valence-corrected chi connectivity index (χ4v) is 4.68. The number of imidazole rings is 1. The van der Waals surface area contributed by atoms with Crippen LogP contribution in [0.2, 0.25) is 0 Å². The van der Waals surface area contributed by atoms with Gasteiger partial charge in [0.15, 0.2) is 0 Å². The number of allylic oxidation sites excluding steroid dienone is 7. The van der Waals surface area contributed by atoms with Gasteiger partial charge < -0.3 is 10.3 Å². The second-order valence-corrected chi connectivity index (χ2v) is 10.3. The highest BCUT2D eigenvalue weighted by Crippen LogP contribution is 2.21. The molecule has 0 saturated heterocycles. The van der Waals surface area contributed by atoms with Gasteiger partial charge in [0.1, 0.15) is 5.82 Å². The lowest BCUT2D eigenvalue weighted by molar-refractivity contribution is 0.677. The van der Waals surface area contributed by atoms with Crippen LogP contribution in [0.4, 0.5) is 0 Å². The number of aromatic nitrogens is 2. The van der Waals surface area contributed by atoms with Crippen molar-refractivity contribution in [1.29, 1.82) is 0 Å². The van der Waals surface area contributed by atoms with E-state index in [9.17, 15) is 0 Å². The first-order valence-corrected chi connectivity index (χ1v) is 13.5. The molecule has 0 saturated carbocycles. The predicted octanol–water partition coefficient (Wildman–Crippen LogP) is 8.07. The minimum absolute atomic E-state index is 0.173. The highest BCUT2D eigenvalue weighted by molar-refractivity contribution is 8.02. The molecular weight excluding hydrogens is 424 g/mol. The number of aromatic amines is 1. The summed E-state index contributed by atoms with van der Waals surface area (Å²) in [6.45, 7) is 12.1. The largest absolute Gasteiger partial charge is 0.363 e. The molecule has 0 bridgehead atoms. The van der Waals surface area contributed by atoms with Gasteiger partial charge in [-0.3, -0.25) is 4.99 Å². The van der Waals surface area contributed by atoms with E-state index in [1.807, 2.05) is 24.2 Å². The van der Waals surface area contributed by atoms with Crippen LogP contribution in [0.25, 0.3) is 0 Å². The lowest BCUT2D eigenvalue weighted by atomic mass is 10.0. The van der Waals surface area contributed by atoms with E-state index in [2.05, 4.69) is 78.5 Å². The second-order valence-electron chi connectivity index (χ2n) is 9.40. The lowest BCUT2D eigenvalue weighted by Crippen LogP contribution is -2.29. The van der Waals surface area contributed by atoms with Crippen molar-refractivity contribution in [3.05, 3.63) is 64.1 Å². The SMILES string of the molecule is CC(C)=CCCC(C)=CCCC(C)=CCCC(C)=CSCC(NC1=NCCC1)c1ncc[nH]1. The van der Waals surface area contributed by atoms with Crippen LogP contribution in [0.15, 0.2) is 63.3 Å². The molecule has 0 amide bonds. The minimum Gasteiger partial charge on any atom is -0.363 e. The van der Waals surface area contributed by atoms with Crippen LogP contribution in [0.3, 0.4) is 0 Å². The van der Waals surface area contributed by atoms with E-state index in [0.717, 1.165) is 68.9 Å². The molecule has 2 N–H and O–H groups in total. The number of aliphatic imine (C=N–C) groups is 1. The number of nitrogens with one attached hydrogen (secondary N) is 2. The third kappa shape index (κ3) is 12.1. The van der Waals surface area contributed by atoms with Crippen molar-refractivity contribution in [3.8, 4) is 0 Å². The number of thioether (sulfide) groups is 1. The quantitative estimate of drug-likeness (QED) is 0.271. The Bertz CT molecular complexity index is 839. The number of amidine groups is 1. The van der Waals surface area contributed by atoms with Crippen molar-refractivity contribution in [1.82, 2.24) is 15.3 Å². The fourth-order valence-electron chi connectivity index (χ4n) is 3.75. The minimum atomic E-state index is 0.173. The van der Waals surface area contributed by atoms with E-state index in [1.54, 1.807) is 0 Å². The van der Waals surface area contributed by atoms with E-state index in [0.29, 0.717) is 0 Å².